The first-order valence-corrected chi connectivity index (χ1v) is 12.5. The van der Waals surface area contributed by atoms with Gasteiger partial charge in [-0.2, -0.15) is 5.10 Å². The smallest absolute Gasteiger partial charge is 0.269 e. The van der Waals surface area contributed by atoms with Crippen molar-refractivity contribution in [3.8, 4) is 11.1 Å². The minimum Gasteiger partial charge on any atom is -0.349 e. The Bertz CT molecular complexity index is 1420. The van der Waals surface area contributed by atoms with Crippen LogP contribution in [0.4, 0.5) is 10.2 Å². The molecule has 2 aromatic heterocycles. The van der Waals surface area contributed by atoms with Crippen LogP contribution in [0.3, 0.4) is 0 Å². The average molecular weight is 500 g/mol. The van der Waals surface area contributed by atoms with Crippen LogP contribution < -0.4 is 5.32 Å². The molecule has 1 aliphatic carbocycles. The van der Waals surface area contributed by atoms with E-state index in [2.05, 4.69) is 34.3 Å². The zero-order chi connectivity index (χ0) is 26.3. The fraction of sp³-hybridized carbons (Fsp3) is 0.345. The van der Waals surface area contributed by atoms with E-state index < -0.39 is 11.8 Å². The molecule has 1 aliphatic heterocycles. The molecule has 37 heavy (non-hydrogen) atoms. The number of halogens is 1. The number of Topliss-reactive ketones (excluding diaryl/α,β-unsaturated/α-hetero) is 1. The number of amides is 1. The minimum absolute atomic E-state index is 0.0546. The molecule has 1 saturated carbocycles. The highest BCUT2D eigenvalue weighted by Gasteiger charge is 2.46. The number of benzene rings is 1. The van der Waals surface area contributed by atoms with Gasteiger partial charge >= 0.3 is 0 Å². The highest BCUT2D eigenvalue weighted by molar-refractivity contribution is 6.11. The Kier molecular flexibility index (Phi) is 6.35. The number of nitrogens with zero attached hydrogens (tertiary/aromatic N) is 3. The van der Waals surface area contributed by atoms with Gasteiger partial charge in [0.15, 0.2) is 5.82 Å². The molecule has 3 aromatic rings. The first kappa shape index (κ1) is 24.7. The summed E-state index contributed by atoms with van der Waals surface area (Å²) in [4.78, 5) is 35.6. The summed E-state index contributed by atoms with van der Waals surface area (Å²) >= 11 is 0. The Hall–Kier alpha value is -3.94. The number of hydrogen-bond acceptors (Lipinski definition) is 5. The number of aromatic amines is 1. The molecule has 1 amide bonds. The molecular weight excluding hydrogens is 469 g/mol. The maximum absolute atomic E-state index is 13.6. The number of rotatable bonds is 5. The van der Waals surface area contributed by atoms with Crippen molar-refractivity contribution in [3.63, 3.8) is 0 Å². The number of hydrogen-bond donors (Lipinski definition) is 2. The van der Waals surface area contributed by atoms with Crippen molar-refractivity contribution in [2.75, 3.05) is 0 Å². The first-order chi connectivity index (χ1) is 17.6. The number of allylic oxidation sites excluding steroid dienone is 1. The number of fused-ring (bicyclic) bond motifs is 2. The number of aromatic nitrogens is 3. The van der Waals surface area contributed by atoms with Crippen LogP contribution in [0.15, 0.2) is 53.7 Å². The Labute approximate surface area is 215 Å². The molecule has 2 aliphatic rings. The fourth-order valence-corrected chi connectivity index (χ4v) is 5.25. The van der Waals surface area contributed by atoms with E-state index in [9.17, 15) is 14.0 Å². The first-order valence-electron chi connectivity index (χ1n) is 12.5. The van der Waals surface area contributed by atoms with Crippen molar-refractivity contribution in [2.24, 2.45) is 16.3 Å². The van der Waals surface area contributed by atoms with Crippen molar-refractivity contribution in [1.82, 2.24) is 20.5 Å². The van der Waals surface area contributed by atoms with Gasteiger partial charge in [-0.1, -0.05) is 38.1 Å². The molecule has 5 rings (SSSR count). The van der Waals surface area contributed by atoms with Gasteiger partial charge < -0.3 is 5.32 Å². The lowest BCUT2D eigenvalue weighted by molar-refractivity contribution is -0.124. The molecule has 2 atom stereocenters. The van der Waals surface area contributed by atoms with E-state index in [0.717, 1.165) is 16.8 Å². The molecule has 7 nitrogen and oxygen atoms in total. The lowest BCUT2D eigenvalue weighted by atomic mass is 9.65. The van der Waals surface area contributed by atoms with Crippen LogP contribution in [0, 0.1) is 17.2 Å². The average Bonchev–Trinajstić information content (AvgIpc) is 3.25. The third-order valence-electron chi connectivity index (χ3n) is 6.81. The normalized spacial score (nSPS) is 20.5. The topological polar surface area (TPSA) is 100 Å². The Morgan fingerprint density at radius 2 is 2.00 bits per heavy atom. The zero-order valence-corrected chi connectivity index (χ0v) is 21.4. The van der Waals surface area contributed by atoms with Gasteiger partial charge in [0.1, 0.15) is 17.3 Å². The number of H-pyrrole nitrogens is 1. The van der Waals surface area contributed by atoms with E-state index in [-0.39, 0.29) is 29.0 Å². The second-order valence-electron chi connectivity index (χ2n) is 10.9. The van der Waals surface area contributed by atoms with Crippen LogP contribution >= 0.6 is 0 Å². The summed E-state index contributed by atoms with van der Waals surface area (Å²) in [7, 11) is 0. The molecule has 1 fully saturated rings. The second kappa shape index (κ2) is 9.50. The van der Waals surface area contributed by atoms with Gasteiger partial charge in [0.2, 0.25) is 0 Å². The van der Waals surface area contributed by atoms with Crippen molar-refractivity contribution in [2.45, 2.75) is 52.5 Å². The molecule has 0 saturated heterocycles. The fourth-order valence-electron chi connectivity index (χ4n) is 5.25. The SMILES string of the molecule is CC(C)NC(=O)c1[nH]nc2c1C(/C=C/c1ccc(-c3cccc(F)c3)cn1)C1C(=O)CC(C)(C)CC1=N2. The summed E-state index contributed by atoms with van der Waals surface area (Å²) in [6, 6.07) is 10.1. The summed E-state index contributed by atoms with van der Waals surface area (Å²) in [6.45, 7) is 7.92. The van der Waals surface area contributed by atoms with Crippen molar-refractivity contribution < 1.29 is 14.0 Å². The van der Waals surface area contributed by atoms with E-state index in [1.807, 2.05) is 44.2 Å². The maximum atomic E-state index is 13.6. The number of carbonyl (C=O) groups is 2. The zero-order valence-electron chi connectivity index (χ0n) is 21.4. The van der Waals surface area contributed by atoms with Crippen molar-refractivity contribution in [1.29, 1.82) is 0 Å². The van der Waals surface area contributed by atoms with Gasteiger partial charge in [0.05, 0.1) is 11.6 Å². The quantitative estimate of drug-likeness (QED) is 0.475. The largest absolute Gasteiger partial charge is 0.349 e. The third kappa shape index (κ3) is 5.01. The lowest BCUT2D eigenvalue weighted by Crippen LogP contribution is -2.42. The molecule has 2 N–H and O–H groups in total. The molecule has 1 aromatic carbocycles. The van der Waals surface area contributed by atoms with Gasteiger partial charge in [0, 0.05) is 41.4 Å². The Morgan fingerprint density at radius 3 is 2.70 bits per heavy atom. The standard InChI is InChI=1S/C29H30FN5O2/c1-16(2)32-28(37)26-25-21(24-22(33-27(25)35-34-26)13-29(3,4)14-23(24)36)11-10-20-9-8-18(15-31-20)17-6-5-7-19(30)12-17/h5-12,15-16,21,24H,13-14H2,1-4H3,(H,32,37)(H,34,35)/b11-10+. The number of pyridine rings is 1. The second-order valence-corrected chi connectivity index (χ2v) is 10.9. The molecule has 190 valence electrons. The predicted molar refractivity (Wildman–Crippen MR) is 141 cm³/mol. The highest BCUT2D eigenvalue weighted by Crippen LogP contribution is 2.47. The maximum Gasteiger partial charge on any atom is 0.269 e. The Balaban J connectivity index is 1.51. The van der Waals surface area contributed by atoms with E-state index in [1.54, 1.807) is 12.3 Å². The molecular formula is C29H30FN5O2. The number of ketones is 1. The van der Waals surface area contributed by atoms with Crippen molar-refractivity contribution in [3.05, 3.63) is 71.4 Å². The summed E-state index contributed by atoms with van der Waals surface area (Å²) < 4.78 is 13.6. The van der Waals surface area contributed by atoms with Crippen LogP contribution in [0.2, 0.25) is 0 Å². The summed E-state index contributed by atoms with van der Waals surface area (Å²) in [6.07, 6.45) is 6.62. The summed E-state index contributed by atoms with van der Waals surface area (Å²) in [5, 5.41) is 10.1. The van der Waals surface area contributed by atoms with Crippen LogP contribution in [0.1, 0.15) is 68.2 Å². The van der Waals surface area contributed by atoms with Gasteiger partial charge in [0.25, 0.3) is 5.91 Å². The molecule has 0 radical (unpaired) electrons. The number of carbonyl (C=O) groups excluding carboxylic acids is 2. The van der Waals surface area contributed by atoms with Crippen LogP contribution in [0.25, 0.3) is 17.2 Å². The van der Waals surface area contributed by atoms with Crippen LogP contribution in [0.5, 0.6) is 0 Å². The van der Waals surface area contributed by atoms with E-state index >= 15 is 0 Å². The van der Waals surface area contributed by atoms with Crippen LogP contribution in [-0.2, 0) is 4.79 Å². The van der Waals surface area contributed by atoms with Gasteiger partial charge in [-0.25, -0.2) is 9.38 Å². The molecule has 8 heteroatoms. The van der Waals surface area contributed by atoms with E-state index in [1.165, 1.54) is 12.1 Å². The van der Waals surface area contributed by atoms with Crippen LogP contribution in [-0.4, -0.2) is 38.6 Å². The Morgan fingerprint density at radius 1 is 1.19 bits per heavy atom. The molecule has 0 spiro atoms. The monoisotopic (exact) mass is 499 g/mol. The van der Waals surface area contributed by atoms with Gasteiger partial charge in [-0.15, -0.1) is 0 Å². The van der Waals surface area contributed by atoms with E-state index in [4.69, 9.17) is 4.99 Å². The summed E-state index contributed by atoms with van der Waals surface area (Å²) in [5.41, 5.74) is 3.82. The number of nitrogens with one attached hydrogen (secondary N) is 2. The highest BCUT2D eigenvalue weighted by atomic mass is 19.1. The molecule has 2 unspecified atom stereocenters. The van der Waals surface area contributed by atoms with E-state index in [0.29, 0.717) is 35.6 Å². The summed E-state index contributed by atoms with van der Waals surface area (Å²) in [5.74, 6) is -0.864. The van der Waals surface area contributed by atoms with Gasteiger partial charge in [-0.3, -0.25) is 19.7 Å². The van der Waals surface area contributed by atoms with Crippen molar-refractivity contribution >= 4 is 29.3 Å². The van der Waals surface area contributed by atoms with Gasteiger partial charge in [-0.05, 0) is 55.5 Å². The number of aliphatic imine (C=N–C) groups is 1. The molecule has 3 heterocycles. The minimum atomic E-state index is -0.452. The lowest BCUT2D eigenvalue weighted by Gasteiger charge is -2.39. The third-order valence-corrected chi connectivity index (χ3v) is 6.81. The molecule has 0 bridgehead atoms. The predicted octanol–water partition coefficient (Wildman–Crippen LogP) is 5.64.